The van der Waals surface area contributed by atoms with E-state index in [-0.39, 0.29) is 30.8 Å². The standard InChI is InChI=1S/C15H22F2O4.O3S/c1-13(2)9-15(7-6-14(13,3)11(18)21-15)12(19)20-8-4-5-10(16)17;1-4(2)3/h10H,4-9H2,1-3H3;. The second-order valence-corrected chi connectivity index (χ2v) is 7.56. The van der Waals surface area contributed by atoms with Crippen molar-refractivity contribution < 1.29 is 40.5 Å². The maximum Gasteiger partial charge on any atom is 0.425 e. The zero-order chi connectivity index (χ0) is 19.5. The molecule has 144 valence electrons. The average molecular weight is 384 g/mol. The van der Waals surface area contributed by atoms with Crippen molar-refractivity contribution in [1.29, 1.82) is 0 Å². The summed E-state index contributed by atoms with van der Waals surface area (Å²) < 4.78 is 59.9. The molecule has 3 rings (SSSR count). The van der Waals surface area contributed by atoms with E-state index in [0.29, 0.717) is 19.3 Å². The lowest BCUT2D eigenvalue weighted by Gasteiger charge is -2.57. The molecule has 2 saturated heterocycles. The Morgan fingerprint density at radius 1 is 1.24 bits per heavy atom. The van der Waals surface area contributed by atoms with Crippen molar-refractivity contribution in [3.05, 3.63) is 0 Å². The summed E-state index contributed by atoms with van der Waals surface area (Å²) in [5.41, 5.74) is -2.17. The molecule has 2 unspecified atom stereocenters. The van der Waals surface area contributed by atoms with Gasteiger partial charge in [0.15, 0.2) is 0 Å². The molecule has 1 saturated carbocycles. The van der Waals surface area contributed by atoms with E-state index in [2.05, 4.69) is 0 Å². The third kappa shape index (κ3) is 4.74. The Bertz CT molecular complexity index is 624. The topological polar surface area (TPSA) is 104 Å². The molecule has 3 aliphatic rings. The van der Waals surface area contributed by atoms with Gasteiger partial charge in [0.05, 0.1) is 12.0 Å². The number of fused-ring (bicyclic) bond motifs is 3. The van der Waals surface area contributed by atoms with Crippen LogP contribution in [-0.4, -0.2) is 43.2 Å². The van der Waals surface area contributed by atoms with Crippen LogP contribution in [-0.2, 0) is 29.7 Å². The number of hydrogen-bond donors (Lipinski definition) is 0. The maximum atomic E-state index is 12.3. The fourth-order valence-corrected chi connectivity index (χ4v) is 3.29. The molecule has 2 atom stereocenters. The van der Waals surface area contributed by atoms with Crippen LogP contribution >= 0.6 is 0 Å². The van der Waals surface area contributed by atoms with Gasteiger partial charge in [0.2, 0.25) is 12.0 Å². The van der Waals surface area contributed by atoms with Gasteiger partial charge in [-0.3, -0.25) is 4.79 Å². The first kappa shape index (κ1) is 21.5. The number of rotatable bonds is 5. The van der Waals surface area contributed by atoms with E-state index in [9.17, 15) is 18.4 Å². The van der Waals surface area contributed by atoms with Gasteiger partial charge in [-0.05, 0) is 31.6 Å². The third-order valence-corrected chi connectivity index (χ3v) is 5.16. The minimum atomic E-state index is -3.11. The third-order valence-electron chi connectivity index (χ3n) is 5.16. The van der Waals surface area contributed by atoms with Crippen LogP contribution in [0.2, 0.25) is 0 Å². The molecule has 7 nitrogen and oxygen atoms in total. The Labute approximate surface area is 146 Å². The first-order valence-corrected chi connectivity index (χ1v) is 8.82. The van der Waals surface area contributed by atoms with Crippen LogP contribution in [0, 0.1) is 10.8 Å². The van der Waals surface area contributed by atoms with Crippen LogP contribution in [0.25, 0.3) is 0 Å². The van der Waals surface area contributed by atoms with Gasteiger partial charge in [-0.25, -0.2) is 13.6 Å². The van der Waals surface area contributed by atoms with Crippen LogP contribution in [0.5, 0.6) is 0 Å². The minimum absolute atomic E-state index is 0.0693. The van der Waals surface area contributed by atoms with Gasteiger partial charge in [0.25, 0.3) is 0 Å². The van der Waals surface area contributed by atoms with E-state index < -0.39 is 34.0 Å². The van der Waals surface area contributed by atoms with Gasteiger partial charge in [-0.15, -0.1) is 12.6 Å². The predicted molar refractivity (Wildman–Crippen MR) is 80.5 cm³/mol. The zero-order valence-corrected chi connectivity index (χ0v) is 15.2. The molecule has 10 heteroatoms. The molecule has 0 spiro atoms. The van der Waals surface area contributed by atoms with Crippen LogP contribution in [0.15, 0.2) is 0 Å². The van der Waals surface area contributed by atoms with Crippen LogP contribution < -0.4 is 0 Å². The fraction of sp³-hybridized carbons (Fsp3) is 0.867. The van der Waals surface area contributed by atoms with E-state index >= 15 is 0 Å². The van der Waals surface area contributed by atoms with Crippen molar-refractivity contribution in [2.24, 2.45) is 10.8 Å². The monoisotopic (exact) mass is 384 g/mol. The Morgan fingerprint density at radius 2 is 1.80 bits per heavy atom. The minimum Gasteiger partial charge on any atom is -0.463 e. The SMILES string of the molecule is CC1(C)CC2(C(=O)OCCCC(F)F)CCC1(C)C(=O)O2.O=S(=O)=O. The zero-order valence-electron chi connectivity index (χ0n) is 14.3. The number of ether oxygens (including phenoxy) is 2. The quantitative estimate of drug-likeness (QED) is 0.528. The largest absolute Gasteiger partial charge is 0.463 e. The fourth-order valence-electron chi connectivity index (χ4n) is 3.29. The molecule has 1 aliphatic carbocycles. The van der Waals surface area contributed by atoms with Crippen molar-refractivity contribution in [3.8, 4) is 0 Å². The maximum absolute atomic E-state index is 12.3. The summed E-state index contributed by atoms with van der Waals surface area (Å²) in [4.78, 5) is 24.5. The second kappa shape index (κ2) is 7.76. The summed E-state index contributed by atoms with van der Waals surface area (Å²) in [7, 11) is -3.11. The molecule has 0 radical (unpaired) electrons. The normalized spacial score (nSPS) is 29.4. The van der Waals surface area contributed by atoms with Crippen LogP contribution in [0.1, 0.15) is 52.9 Å². The molecule has 0 N–H and O–H groups in total. The van der Waals surface area contributed by atoms with Gasteiger partial charge in [0, 0.05) is 12.8 Å². The Morgan fingerprint density at radius 3 is 2.24 bits per heavy atom. The molecule has 3 fully saturated rings. The Hall–Kier alpha value is -1.58. The van der Waals surface area contributed by atoms with E-state index in [0.717, 1.165) is 0 Å². The lowest BCUT2D eigenvalue weighted by Crippen LogP contribution is -2.64. The number of halogens is 2. The molecule has 0 aromatic rings. The van der Waals surface area contributed by atoms with Gasteiger partial charge >= 0.3 is 22.5 Å². The highest BCUT2D eigenvalue weighted by atomic mass is 32.2. The van der Waals surface area contributed by atoms with Crippen molar-refractivity contribution in [3.63, 3.8) is 0 Å². The summed E-state index contributed by atoms with van der Waals surface area (Å²) in [6.45, 7) is 5.70. The molecule has 25 heavy (non-hydrogen) atoms. The molecule has 0 aromatic carbocycles. The summed E-state index contributed by atoms with van der Waals surface area (Å²) in [5, 5.41) is 0. The van der Waals surface area contributed by atoms with Crippen LogP contribution in [0.4, 0.5) is 8.78 Å². The predicted octanol–water partition coefficient (Wildman–Crippen LogP) is 2.08. The first-order valence-electron chi connectivity index (χ1n) is 7.82. The van der Waals surface area contributed by atoms with Crippen molar-refractivity contribution in [2.75, 3.05) is 6.61 Å². The van der Waals surface area contributed by atoms with Crippen molar-refractivity contribution in [2.45, 2.75) is 64.9 Å². The second-order valence-electron chi connectivity index (χ2n) is 7.15. The number of hydrogen-bond acceptors (Lipinski definition) is 7. The first-order chi connectivity index (χ1) is 11.4. The van der Waals surface area contributed by atoms with Crippen molar-refractivity contribution >= 4 is 22.5 Å². The van der Waals surface area contributed by atoms with Gasteiger partial charge in [-0.1, -0.05) is 13.8 Å². The number of alkyl halides is 2. The summed E-state index contributed by atoms with van der Waals surface area (Å²) in [6, 6.07) is 0. The molecule has 2 aliphatic heterocycles. The highest BCUT2D eigenvalue weighted by molar-refractivity contribution is 7.59. The number of carbonyl (C=O) groups excluding carboxylic acids is 2. The highest BCUT2D eigenvalue weighted by Gasteiger charge is 2.66. The Kier molecular flexibility index (Phi) is 6.66. The number of carbonyl (C=O) groups is 2. The lowest BCUT2D eigenvalue weighted by molar-refractivity contribution is -0.235. The smallest absolute Gasteiger partial charge is 0.425 e. The van der Waals surface area contributed by atoms with Gasteiger partial charge in [-0.2, -0.15) is 0 Å². The summed E-state index contributed by atoms with van der Waals surface area (Å²) in [5.74, 6) is -0.963. The average Bonchev–Trinajstić information content (AvgIpc) is 2.45. The summed E-state index contributed by atoms with van der Waals surface area (Å²) in [6.07, 6.45) is -1.17. The molecule has 2 bridgehead atoms. The van der Waals surface area contributed by atoms with E-state index in [1.54, 1.807) is 0 Å². The molecule has 0 aromatic heterocycles. The van der Waals surface area contributed by atoms with Crippen LogP contribution in [0.3, 0.4) is 0 Å². The molecular weight excluding hydrogens is 362 g/mol. The molecule has 2 heterocycles. The van der Waals surface area contributed by atoms with E-state index in [1.165, 1.54) is 0 Å². The van der Waals surface area contributed by atoms with Gasteiger partial charge in [0.1, 0.15) is 0 Å². The Balaban J connectivity index is 0.000000705. The van der Waals surface area contributed by atoms with E-state index in [1.807, 2.05) is 20.8 Å². The highest BCUT2D eigenvalue weighted by Crippen LogP contribution is 2.59. The molecular formula is C15H22F2O7S. The van der Waals surface area contributed by atoms with Gasteiger partial charge < -0.3 is 9.47 Å². The summed E-state index contributed by atoms with van der Waals surface area (Å²) >= 11 is 0. The molecule has 0 amide bonds. The number of esters is 2. The van der Waals surface area contributed by atoms with Crippen molar-refractivity contribution in [1.82, 2.24) is 0 Å². The van der Waals surface area contributed by atoms with E-state index in [4.69, 9.17) is 22.1 Å². The lowest BCUT2D eigenvalue weighted by atomic mass is 9.53.